The van der Waals surface area contributed by atoms with Crippen LogP contribution in [-0.2, 0) is 19.9 Å². The van der Waals surface area contributed by atoms with E-state index < -0.39 is 25.6 Å². The van der Waals surface area contributed by atoms with Gasteiger partial charge in [-0.05, 0) is 25.1 Å². The predicted octanol–water partition coefficient (Wildman–Crippen LogP) is 0.216. The molecule has 114 valence electrons. The maximum absolute atomic E-state index is 12.3. The molecule has 0 aliphatic heterocycles. The summed E-state index contributed by atoms with van der Waals surface area (Å²) in [5, 5.41) is 0. The zero-order chi connectivity index (χ0) is 15.2. The maximum Gasteiger partial charge on any atom is 0.236 e. The van der Waals surface area contributed by atoms with Crippen molar-refractivity contribution in [3.8, 4) is 0 Å². The fraction of sp³-hybridized carbons (Fsp3) is 0.500. The lowest BCUT2D eigenvalue weighted by Crippen LogP contribution is -2.36. The molecule has 0 fully saturated rings. The highest BCUT2D eigenvalue weighted by Gasteiger charge is 2.23. The smallest absolute Gasteiger partial charge is 0.236 e. The summed E-state index contributed by atoms with van der Waals surface area (Å²) in [4.78, 5) is 0. The van der Waals surface area contributed by atoms with Crippen LogP contribution in [0.2, 0.25) is 0 Å². The summed E-state index contributed by atoms with van der Waals surface area (Å²) in [6.45, 7) is 0.609. The molecule has 0 unspecified atom stereocenters. The topological polar surface area (TPSA) is 97.5 Å². The van der Waals surface area contributed by atoms with E-state index in [1.165, 1.54) is 4.31 Å². The van der Waals surface area contributed by atoms with Crippen LogP contribution in [0.5, 0.6) is 0 Å². The first kappa shape index (κ1) is 16.9. The van der Waals surface area contributed by atoms with Gasteiger partial charge in [0.1, 0.15) is 9.84 Å². The number of sulfonamides is 1. The second-order valence-corrected chi connectivity index (χ2v) is 8.77. The number of para-hydroxylation sites is 1. The molecule has 0 heterocycles. The van der Waals surface area contributed by atoms with Gasteiger partial charge in [0.05, 0.1) is 17.2 Å². The third-order valence-corrected chi connectivity index (χ3v) is 5.65. The Morgan fingerprint density at radius 3 is 2.15 bits per heavy atom. The van der Waals surface area contributed by atoms with Crippen molar-refractivity contribution in [2.75, 3.05) is 35.2 Å². The largest absolute Gasteiger partial charge is 0.330 e. The minimum atomic E-state index is -3.68. The Kier molecular flexibility index (Phi) is 5.97. The average molecular weight is 320 g/mol. The quantitative estimate of drug-likeness (QED) is 0.739. The highest BCUT2D eigenvalue weighted by Crippen LogP contribution is 2.18. The minimum absolute atomic E-state index is 0.243. The summed E-state index contributed by atoms with van der Waals surface area (Å²) in [5.41, 5.74) is 5.95. The summed E-state index contributed by atoms with van der Waals surface area (Å²) < 4.78 is 48.1. The van der Waals surface area contributed by atoms with Crippen LogP contribution in [-0.4, -0.2) is 47.7 Å². The predicted molar refractivity (Wildman–Crippen MR) is 81.0 cm³/mol. The number of nitrogens with two attached hydrogens (primary N) is 1. The first-order chi connectivity index (χ1) is 9.26. The Hall–Kier alpha value is -1.12. The van der Waals surface area contributed by atoms with Gasteiger partial charge in [-0.1, -0.05) is 18.2 Å². The average Bonchev–Trinajstić information content (AvgIpc) is 2.37. The third kappa shape index (κ3) is 5.48. The molecule has 0 saturated carbocycles. The van der Waals surface area contributed by atoms with Crippen LogP contribution in [0, 0.1) is 0 Å². The van der Waals surface area contributed by atoms with Crippen molar-refractivity contribution >= 4 is 25.5 Å². The van der Waals surface area contributed by atoms with Crippen LogP contribution < -0.4 is 10.0 Å². The van der Waals surface area contributed by atoms with E-state index in [9.17, 15) is 16.8 Å². The number of anilines is 1. The summed E-state index contributed by atoms with van der Waals surface area (Å²) >= 11 is 0. The lowest BCUT2D eigenvalue weighted by Gasteiger charge is -2.24. The first-order valence-electron chi connectivity index (χ1n) is 6.19. The fourth-order valence-electron chi connectivity index (χ4n) is 1.62. The summed E-state index contributed by atoms with van der Waals surface area (Å²) in [7, 11) is -7.01. The third-order valence-electron chi connectivity index (χ3n) is 2.66. The lowest BCUT2D eigenvalue weighted by atomic mass is 10.3. The van der Waals surface area contributed by atoms with E-state index in [0.29, 0.717) is 18.7 Å². The molecule has 1 rings (SSSR count). The van der Waals surface area contributed by atoms with Crippen LogP contribution >= 0.6 is 0 Å². The second kappa shape index (κ2) is 7.05. The number of hydrogen-bond donors (Lipinski definition) is 1. The molecule has 0 amide bonds. The second-order valence-electron chi connectivity index (χ2n) is 4.50. The van der Waals surface area contributed by atoms with Crippen molar-refractivity contribution in [3.05, 3.63) is 30.3 Å². The van der Waals surface area contributed by atoms with Crippen LogP contribution in [0.1, 0.15) is 6.42 Å². The van der Waals surface area contributed by atoms with Crippen molar-refractivity contribution in [2.24, 2.45) is 5.73 Å². The van der Waals surface area contributed by atoms with E-state index in [0.717, 1.165) is 6.26 Å². The van der Waals surface area contributed by atoms with Crippen LogP contribution in [0.3, 0.4) is 0 Å². The molecule has 1 aromatic carbocycles. The molecule has 2 N–H and O–H groups in total. The van der Waals surface area contributed by atoms with Crippen LogP contribution in [0.15, 0.2) is 30.3 Å². The molecule has 8 heteroatoms. The van der Waals surface area contributed by atoms with Crippen LogP contribution in [0.25, 0.3) is 0 Å². The number of rotatable bonds is 8. The zero-order valence-corrected chi connectivity index (χ0v) is 13.0. The van der Waals surface area contributed by atoms with Crippen molar-refractivity contribution in [1.82, 2.24) is 0 Å². The zero-order valence-electron chi connectivity index (χ0n) is 11.4. The SMILES string of the molecule is CS(=O)(=O)CCS(=O)(=O)N(CCCN)c1ccccc1. The molecule has 0 aliphatic carbocycles. The van der Waals surface area contributed by atoms with E-state index in [2.05, 4.69) is 0 Å². The molecule has 0 aliphatic rings. The Morgan fingerprint density at radius 2 is 1.65 bits per heavy atom. The monoisotopic (exact) mass is 320 g/mol. The summed E-state index contributed by atoms with van der Waals surface area (Å²) in [6, 6.07) is 8.60. The van der Waals surface area contributed by atoms with Gasteiger partial charge in [0.25, 0.3) is 0 Å². The maximum atomic E-state index is 12.3. The molecule has 0 aromatic heterocycles. The van der Waals surface area contributed by atoms with Gasteiger partial charge in [-0.25, -0.2) is 16.8 Å². The highest BCUT2D eigenvalue weighted by molar-refractivity contribution is 7.95. The van der Waals surface area contributed by atoms with E-state index in [-0.39, 0.29) is 12.3 Å². The van der Waals surface area contributed by atoms with Gasteiger partial charge < -0.3 is 5.73 Å². The van der Waals surface area contributed by atoms with Crippen molar-refractivity contribution in [2.45, 2.75) is 6.42 Å². The first-order valence-corrected chi connectivity index (χ1v) is 9.86. The molecular formula is C12H20N2O4S2. The van der Waals surface area contributed by atoms with Crippen molar-refractivity contribution < 1.29 is 16.8 Å². The Labute approximate surface area is 120 Å². The molecule has 0 atom stereocenters. The van der Waals surface area contributed by atoms with E-state index in [4.69, 9.17) is 5.73 Å². The lowest BCUT2D eigenvalue weighted by molar-refractivity contribution is 0.585. The Bertz CT molecular complexity index is 612. The highest BCUT2D eigenvalue weighted by atomic mass is 32.2. The van der Waals surface area contributed by atoms with E-state index in [1.54, 1.807) is 30.3 Å². The Morgan fingerprint density at radius 1 is 1.05 bits per heavy atom. The van der Waals surface area contributed by atoms with Gasteiger partial charge in [0, 0.05) is 12.8 Å². The van der Waals surface area contributed by atoms with Gasteiger partial charge in [0.2, 0.25) is 10.0 Å². The summed E-state index contributed by atoms with van der Waals surface area (Å²) in [5.74, 6) is -0.813. The molecule has 0 radical (unpaired) electrons. The molecule has 20 heavy (non-hydrogen) atoms. The van der Waals surface area contributed by atoms with Gasteiger partial charge in [-0.15, -0.1) is 0 Å². The van der Waals surface area contributed by atoms with Gasteiger partial charge in [-0.2, -0.15) is 0 Å². The molecule has 6 nitrogen and oxygen atoms in total. The van der Waals surface area contributed by atoms with E-state index in [1.807, 2.05) is 0 Å². The number of benzene rings is 1. The van der Waals surface area contributed by atoms with Crippen molar-refractivity contribution in [1.29, 1.82) is 0 Å². The molecule has 0 bridgehead atoms. The summed E-state index contributed by atoms with van der Waals surface area (Å²) in [6.07, 6.45) is 1.53. The standard InChI is InChI=1S/C12H20N2O4S2/c1-19(15,16)10-11-20(17,18)14(9-5-8-13)12-6-3-2-4-7-12/h2-4,6-7H,5,8-11,13H2,1H3. The van der Waals surface area contributed by atoms with Crippen LogP contribution in [0.4, 0.5) is 5.69 Å². The van der Waals surface area contributed by atoms with Gasteiger partial charge in [0.15, 0.2) is 0 Å². The fourth-order valence-corrected chi connectivity index (χ4v) is 4.75. The number of hydrogen-bond acceptors (Lipinski definition) is 5. The van der Waals surface area contributed by atoms with E-state index >= 15 is 0 Å². The molecule has 1 aromatic rings. The number of sulfone groups is 1. The molecule has 0 spiro atoms. The Balaban J connectivity index is 2.98. The normalized spacial score (nSPS) is 12.3. The van der Waals surface area contributed by atoms with Crippen molar-refractivity contribution in [3.63, 3.8) is 0 Å². The molecular weight excluding hydrogens is 300 g/mol. The number of nitrogens with zero attached hydrogens (tertiary/aromatic N) is 1. The van der Waals surface area contributed by atoms with Gasteiger partial charge >= 0.3 is 0 Å². The van der Waals surface area contributed by atoms with Gasteiger partial charge in [-0.3, -0.25) is 4.31 Å². The minimum Gasteiger partial charge on any atom is -0.330 e. The molecule has 0 saturated heterocycles.